The number of nitrogens with one attached hydrogen (secondary N) is 1. The zero-order valence-electron chi connectivity index (χ0n) is 8.70. The minimum atomic E-state index is 0.0193. The molecule has 0 aromatic rings. The van der Waals surface area contributed by atoms with Crippen molar-refractivity contribution in [3.8, 4) is 0 Å². The van der Waals surface area contributed by atoms with Crippen LogP contribution in [-0.4, -0.2) is 47.9 Å². The van der Waals surface area contributed by atoms with E-state index in [4.69, 9.17) is 0 Å². The lowest BCUT2D eigenvalue weighted by Gasteiger charge is -2.31. The Kier molecular flexibility index (Phi) is 3.51. The molecule has 0 aromatic heterocycles. The molecule has 0 radical (unpaired) electrons. The zero-order valence-corrected chi connectivity index (χ0v) is 9.52. The molecular formula is C10H16N2O2S. The molecule has 0 aromatic carbocycles. The van der Waals surface area contributed by atoms with Gasteiger partial charge in [-0.25, -0.2) is 0 Å². The molecule has 2 rings (SSSR count). The Morgan fingerprint density at radius 3 is 2.73 bits per heavy atom. The minimum Gasteiger partial charge on any atom is -0.355 e. The maximum atomic E-state index is 12.0. The monoisotopic (exact) mass is 228 g/mol. The fourth-order valence-electron chi connectivity index (χ4n) is 1.99. The van der Waals surface area contributed by atoms with E-state index in [1.165, 1.54) is 0 Å². The van der Waals surface area contributed by atoms with E-state index < -0.39 is 0 Å². The molecule has 2 heterocycles. The zero-order chi connectivity index (χ0) is 10.7. The van der Waals surface area contributed by atoms with E-state index in [1.807, 2.05) is 16.7 Å². The minimum absolute atomic E-state index is 0.0193. The summed E-state index contributed by atoms with van der Waals surface area (Å²) in [7, 11) is 0. The fraction of sp³-hybridized carbons (Fsp3) is 0.800. The molecule has 0 aliphatic carbocycles. The van der Waals surface area contributed by atoms with Crippen molar-refractivity contribution in [2.24, 2.45) is 5.92 Å². The predicted molar refractivity (Wildman–Crippen MR) is 59.6 cm³/mol. The number of carbonyl (C=O) groups excluding carboxylic acids is 2. The van der Waals surface area contributed by atoms with Crippen LogP contribution in [0, 0.1) is 5.92 Å². The number of amides is 2. The summed E-state index contributed by atoms with van der Waals surface area (Å²) in [6.07, 6.45) is 1.22. The molecule has 15 heavy (non-hydrogen) atoms. The lowest BCUT2D eigenvalue weighted by Crippen LogP contribution is -2.47. The van der Waals surface area contributed by atoms with Gasteiger partial charge in [0.1, 0.15) is 0 Å². The van der Waals surface area contributed by atoms with E-state index in [-0.39, 0.29) is 17.7 Å². The Morgan fingerprint density at radius 2 is 2.13 bits per heavy atom. The standard InChI is InChI=1S/C10H16N2O2S/c13-9-2-1-8(7-11-9)10(14)12-3-5-15-6-4-12/h8H,1-7H2,(H,11,13). The van der Waals surface area contributed by atoms with E-state index in [2.05, 4.69) is 5.32 Å². The van der Waals surface area contributed by atoms with Crippen LogP contribution in [0.3, 0.4) is 0 Å². The quantitative estimate of drug-likeness (QED) is 0.692. The largest absolute Gasteiger partial charge is 0.355 e. The lowest BCUT2D eigenvalue weighted by molar-refractivity contribution is -0.137. The molecule has 2 amide bonds. The highest BCUT2D eigenvalue weighted by atomic mass is 32.2. The molecule has 2 saturated heterocycles. The van der Waals surface area contributed by atoms with Gasteiger partial charge in [-0.3, -0.25) is 9.59 Å². The molecule has 0 bridgehead atoms. The normalized spacial score (nSPS) is 27.3. The number of piperidine rings is 1. The van der Waals surface area contributed by atoms with Gasteiger partial charge < -0.3 is 10.2 Å². The SMILES string of the molecule is O=C1CCC(C(=O)N2CCSCC2)CN1. The average Bonchev–Trinajstić information content (AvgIpc) is 2.30. The van der Waals surface area contributed by atoms with Crippen molar-refractivity contribution in [2.45, 2.75) is 12.8 Å². The van der Waals surface area contributed by atoms with Crippen LogP contribution in [0.1, 0.15) is 12.8 Å². The van der Waals surface area contributed by atoms with Crippen LogP contribution in [0.4, 0.5) is 0 Å². The fourth-order valence-corrected chi connectivity index (χ4v) is 2.89. The van der Waals surface area contributed by atoms with Gasteiger partial charge in [-0.15, -0.1) is 0 Å². The van der Waals surface area contributed by atoms with Gasteiger partial charge in [-0.05, 0) is 6.42 Å². The van der Waals surface area contributed by atoms with Crippen LogP contribution in [0.5, 0.6) is 0 Å². The van der Waals surface area contributed by atoms with Crippen molar-refractivity contribution in [3.05, 3.63) is 0 Å². The summed E-state index contributed by atoms with van der Waals surface area (Å²) in [5.74, 6) is 2.42. The summed E-state index contributed by atoms with van der Waals surface area (Å²) in [6.45, 7) is 2.27. The van der Waals surface area contributed by atoms with E-state index in [0.29, 0.717) is 19.4 Å². The molecule has 2 aliphatic rings. The van der Waals surface area contributed by atoms with Gasteiger partial charge in [-0.1, -0.05) is 0 Å². The second-order valence-electron chi connectivity index (χ2n) is 3.98. The molecule has 1 N–H and O–H groups in total. The van der Waals surface area contributed by atoms with Gasteiger partial charge in [0.05, 0.1) is 5.92 Å². The predicted octanol–water partition coefficient (Wildman–Crippen LogP) is 0.0880. The van der Waals surface area contributed by atoms with Crippen LogP contribution < -0.4 is 5.32 Å². The first-order valence-corrected chi connectivity index (χ1v) is 6.56. The van der Waals surface area contributed by atoms with Gasteiger partial charge in [-0.2, -0.15) is 11.8 Å². The first kappa shape index (κ1) is 10.8. The second-order valence-corrected chi connectivity index (χ2v) is 5.20. The van der Waals surface area contributed by atoms with Gasteiger partial charge in [0.15, 0.2) is 0 Å². The maximum absolute atomic E-state index is 12.0. The molecule has 84 valence electrons. The number of carbonyl (C=O) groups is 2. The topological polar surface area (TPSA) is 49.4 Å². The Bertz CT molecular complexity index is 254. The first-order valence-electron chi connectivity index (χ1n) is 5.40. The molecular weight excluding hydrogens is 212 g/mol. The number of rotatable bonds is 1. The molecule has 0 spiro atoms. The Hall–Kier alpha value is -0.710. The highest BCUT2D eigenvalue weighted by molar-refractivity contribution is 7.99. The van der Waals surface area contributed by atoms with Crippen LogP contribution >= 0.6 is 11.8 Å². The van der Waals surface area contributed by atoms with Gasteiger partial charge in [0.25, 0.3) is 0 Å². The molecule has 0 saturated carbocycles. The summed E-state index contributed by atoms with van der Waals surface area (Å²) in [6, 6.07) is 0. The Labute approximate surface area is 93.8 Å². The Balaban J connectivity index is 1.86. The second kappa shape index (κ2) is 4.88. The number of nitrogens with zero attached hydrogens (tertiary/aromatic N) is 1. The van der Waals surface area contributed by atoms with Gasteiger partial charge in [0.2, 0.25) is 11.8 Å². The molecule has 5 heteroatoms. The summed E-state index contributed by atoms with van der Waals surface area (Å²) < 4.78 is 0. The molecule has 1 unspecified atom stereocenters. The number of hydrogen-bond acceptors (Lipinski definition) is 3. The smallest absolute Gasteiger partial charge is 0.227 e. The summed E-state index contributed by atoms with van der Waals surface area (Å²) in [5.41, 5.74) is 0. The van der Waals surface area contributed by atoms with Gasteiger partial charge in [0, 0.05) is 37.6 Å². The van der Waals surface area contributed by atoms with E-state index in [0.717, 1.165) is 24.6 Å². The van der Waals surface area contributed by atoms with Crippen LogP contribution in [0.2, 0.25) is 0 Å². The summed E-state index contributed by atoms with van der Waals surface area (Å²) in [4.78, 5) is 24.9. The van der Waals surface area contributed by atoms with Crippen LogP contribution in [-0.2, 0) is 9.59 Å². The summed E-state index contributed by atoms with van der Waals surface area (Å²) in [5, 5.41) is 2.76. The van der Waals surface area contributed by atoms with Crippen molar-refractivity contribution in [2.75, 3.05) is 31.1 Å². The molecule has 4 nitrogen and oxygen atoms in total. The van der Waals surface area contributed by atoms with E-state index in [1.54, 1.807) is 0 Å². The number of thioether (sulfide) groups is 1. The lowest BCUT2D eigenvalue weighted by atomic mass is 9.97. The van der Waals surface area contributed by atoms with Gasteiger partial charge >= 0.3 is 0 Å². The molecule has 2 fully saturated rings. The average molecular weight is 228 g/mol. The van der Waals surface area contributed by atoms with Crippen molar-refractivity contribution in [1.82, 2.24) is 10.2 Å². The summed E-state index contributed by atoms with van der Waals surface area (Å²) >= 11 is 1.90. The van der Waals surface area contributed by atoms with Crippen molar-refractivity contribution in [3.63, 3.8) is 0 Å². The number of hydrogen-bond donors (Lipinski definition) is 1. The molecule has 2 aliphatic heterocycles. The first-order chi connectivity index (χ1) is 7.27. The highest BCUT2D eigenvalue weighted by Crippen LogP contribution is 2.17. The molecule has 1 atom stereocenters. The third kappa shape index (κ3) is 2.65. The van der Waals surface area contributed by atoms with E-state index >= 15 is 0 Å². The van der Waals surface area contributed by atoms with Crippen molar-refractivity contribution < 1.29 is 9.59 Å². The van der Waals surface area contributed by atoms with Crippen molar-refractivity contribution >= 4 is 23.6 Å². The third-order valence-electron chi connectivity index (χ3n) is 2.94. The van der Waals surface area contributed by atoms with Crippen molar-refractivity contribution in [1.29, 1.82) is 0 Å². The highest BCUT2D eigenvalue weighted by Gasteiger charge is 2.28. The third-order valence-corrected chi connectivity index (χ3v) is 3.88. The maximum Gasteiger partial charge on any atom is 0.227 e. The van der Waals surface area contributed by atoms with Crippen LogP contribution in [0.15, 0.2) is 0 Å². The van der Waals surface area contributed by atoms with Crippen LogP contribution in [0.25, 0.3) is 0 Å². The van der Waals surface area contributed by atoms with E-state index in [9.17, 15) is 9.59 Å². The Morgan fingerprint density at radius 1 is 1.40 bits per heavy atom.